The van der Waals surface area contributed by atoms with Gasteiger partial charge >= 0.3 is 6.16 Å². The highest BCUT2D eigenvalue weighted by molar-refractivity contribution is 6.13. The van der Waals surface area contributed by atoms with E-state index in [0.717, 1.165) is 10.8 Å². The van der Waals surface area contributed by atoms with Crippen LogP contribution in [0.2, 0.25) is 0 Å². The molecule has 0 spiro atoms. The minimum Gasteiger partial charge on any atom is -0.434 e. The van der Waals surface area contributed by atoms with Crippen LogP contribution in [-0.4, -0.2) is 24.6 Å². The van der Waals surface area contributed by atoms with Crippen LogP contribution < -0.4 is 15.4 Å². The Labute approximate surface area is 196 Å². The molecular formula is C27H22N2O5. The van der Waals surface area contributed by atoms with E-state index >= 15 is 0 Å². The van der Waals surface area contributed by atoms with Gasteiger partial charge in [-0.05, 0) is 72.3 Å². The Morgan fingerprint density at radius 1 is 0.706 bits per heavy atom. The van der Waals surface area contributed by atoms with E-state index in [-0.39, 0.29) is 24.2 Å². The molecule has 0 unspecified atom stereocenters. The highest BCUT2D eigenvalue weighted by atomic mass is 16.7. The minimum absolute atomic E-state index is 0.210. The van der Waals surface area contributed by atoms with E-state index in [0.29, 0.717) is 22.5 Å². The average molecular weight is 454 g/mol. The monoisotopic (exact) mass is 454 g/mol. The van der Waals surface area contributed by atoms with Crippen LogP contribution >= 0.6 is 0 Å². The third kappa shape index (κ3) is 5.39. The number of hydrogen-bond donors (Lipinski definition) is 2. The van der Waals surface area contributed by atoms with Gasteiger partial charge in [0.15, 0.2) is 0 Å². The highest BCUT2D eigenvalue weighted by Crippen LogP contribution is 2.21. The van der Waals surface area contributed by atoms with Gasteiger partial charge in [-0.1, -0.05) is 36.4 Å². The molecule has 0 aliphatic rings. The van der Waals surface area contributed by atoms with Crippen molar-refractivity contribution < 1.29 is 23.9 Å². The molecule has 7 nitrogen and oxygen atoms in total. The number of amides is 2. The minimum atomic E-state index is -0.799. The Kier molecular flexibility index (Phi) is 6.84. The molecule has 0 bridgehead atoms. The first-order valence-electron chi connectivity index (χ1n) is 10.7. The molecule has 0 heterocycles. The summed E-state index contributed by atoms with van der Waals surface area (Å²) in [6.07, 6.45) is -0.799. The van der Waals surface area contributed by atoms with E-state index in [2.05, 4.69) is 10.6 Å². The van der Waals surface area contributed by atoms with E-state index < -0.39 is 6.16 Å². The summed E-state index contributed by atoms with van der Waals surface area (Å²) >= 11 is 0. The van der Waals surface area contributed by atoms with E-state index in [1.165, 1.54) is 12.1 Å². The van der Waals surface area contributed by atoms with Crippen LogP contribution in [0.4, 0.5) is 16.2 Å². The van der Waals surface area contributed by atoms with E-state index in [1.54, 1.807) is 49.4 Å². The van der Waals surface area contributed by atoms with Gasteiger partial charge in [0.25, 0.3) is 11.8 Å². The largest absolute Gasteiger partial charge is 0.513 e. The summed E-state index contributed by atoms with van der Waals surface area (Å²) in [7, 11) is 0. The number of benzene rings is 4. The van der Waals surface area contributed by atoms with Crippen LogP contribution in [0, 0.1) is 0 Å². The summed E-state index contributed by atoms with van der Waals surface area (Å²) < 4.78 is 9.69. The average Bonchev–Trinajstić information content (AvgIpc) is 2.85. The van der Waals surface area contributed by atoms with Gasteiger partial charge in [0.2, 0.25) is 0 Å². The van der Waals surface area contributed by atoms with Gasteiger partial charge in [-0.2, -0.15) is 0 Å². The molecular weight excluding hydrogens is 432 g/mol. The Hall–Kier alpha value is -4.65. The second kappa shape index (κ2) is 10.3. The SMILES string of the molecule is CCOC(=O)Oc1ccc(C(=O)Nc2ccc(NC(=O)c3cccc4ccccc34)cc2)cc1. The number of nitrogens with one attached hydrogen (secondary N) is 2. The molecule has 4 aromatic carbocycles. The quantitative estimate of drug-likeness (QED) is 0.280. The Morgan fingerprint density at radius 3 is 2.00 bits per heavy atom. The maximum Gasteiger partial charge on any atom is 0.513 e. The summed E-state index contributed by atoms with van der Waals surface area (Å²) in [5.74, 6) is -0.254. The zero-order valence-electron chi connectivity index (χ0n) is 18.4. The molecule has 170 valence electrons. The lowest BCUT2D eigenvalue weighted by atomic mass is 10.0. The molecule has 7 heteroatoms. The lowest BCUT2D eigenvalue weighted by Crippen LogP contribution is -2.14. The number of hydrogen-bond acceptors (Lipinski definition) is 5. The molecule has 0 aliphatic heterocycles. The second-order valence-electron chi connectivity index (χ2n) is 7.32. The zero-order chi connectivity index (χ0) is 23.9. The first-order chi connectivity index (χ1) is 16.5. The summed E-state index contributed by atoms with van der Waals surface area (Å²) in [5, 5.41) is 7.55. The molecule has 2 amide bonds. The van der Waals surface area contributed by atoms with Crippen molar-refractivity contribution in [1.82, 2.24) is 0 Å². The van der Waals surface area contributed by atoms with Crippen LogP contribution in [0.5, 0.6) is 5.75 Å². The van der Waals surface area contributed by atoms with Crippen molar-refractivity contribution in [3.8, 4) is 5.75 Å². The van der Waals surface area contributed by atoms with Crippen molar-refractivity contribution in [2.45, 2.75) is 6.92 Å². The summed E-state index contributed by atoms with van der Waals surface area (Å²) in [4.78, 5) is 36.7. The fourth-order valence-corrected chi connectivity index (χ4v) is 3.38. The molecule has 0 aromatic heterocycles. The molecule has 2 N–H and O–H groups in total. The van der Waals surface area contributed by atoms with Crippen LogP contribution in [0.25, 0.3) is 10.8 Å². The van der Waals surface area contributed by atoms with Crippen molar-refractivity contribution >= 4 is 40.1 Å². The summed E-state index contributed by atoms with van der Waals surface area (Å²) in [5.41, 5.74) is 2.16. The highest BCUT2D eigenvalue weighted by Gasteiger charge is 2.11. The second-order valence-corrected chi connectivity index (χ2v) is 7.32. The fraction of sp³-hybridized carbons (Fsp3) is 0.0741. The predicted octanol–water partition coefficient (Wildman–Crippen LogP) is 5.88. The predicted molar refractivity (Wildman–Crippen MR) is 130 cm³/mol. The van der Waals surface area contributed by atoms with E-state index in [4.69, 9.17) is 9.47 Å². The van der Waals surface area contributed by atoms with Gasteiger partial charge in [0.1, 0.15) is 5.75 Å². The fourth-order valence-electron chi connectivity index (χ4n) is 3.38. The van der Waals surface area contributed by atoms with Gasteiger partial charge < -0.3 is 20.1 Å². The Bertz CT molecular complexity index is 1330. The van der Waals surface area contributed by atoms with Gasteiger partial charge in [-0.25, -0.2) is 4.79 Å². The first-order valence-corrected chi connectivity index (χ1v) is 10.7. The van der Waals surface area contributed by atoms with Crippen molar-refractivity contribution in [1.29, 1.82) is 0 Å². The zero-order valence-corrected chi connectivity index (χ0v) is 18.4. The third-order valence-electron chi connectivity index (χ3n) is 5.01. The lowest BCUT2D eigenvalue weighted by Gasteiger charge is -2.10. The van der Waals surface area contributed by atoms with Gasteiger partial charge in [0.05, 0.1) is 6.61 Å². The van der Waals surface area contributed by atoms with Gasteiger partial charge in [-0.15, -0.1) is 0 Å². The Balaban J connectivity index is 1.37. The van der Waals surface area contributed by atoms with Crippen LogP contribution in [-0.2, 0) is 4.74 Å². The van der Waals surface area contributed by atoms with Crippen molar-refractivity contribution in [3.05, 3.63) is 102 Å². The number of anilines is 2. The summed E-state index contributed by atoms with van der Waals surface area (Å²) in [6.45, 7) is 1.89. The number of carbonyl (C=O) groups is 3. The van der Waals surface area contributed by atoms with Gasteiger partial charge in [-0.3, -0.25) is 9.59 Å². The topological polar surface area (TPSA) is 93.7 Å². The maximum atomic E-state index is 12.8. The van der Waals surface area contributed by atoms with E-state index in [1.807, 2.05) is 36.4 Å². The van der Waals surface area contributed by atoms with Crippen LogP contribution in [0.3, 0.4) is 0 Å². The van der Waals surface area contributed by atoms with Crippen LogP contribution in [0.1, 0.15) is 27.6 Å². The molecule has 34 heavy (non-hydrogen) atoms. The normalized spacial score (nSPS) is 10.4. The molecule has 0 radical (unpaired) electrons. The molecule has 0 aliphatic carbocycles. The standard InChI is InChI=1S/C27H22N2O5/c1-2-33-27(32)34-22-16-10-19(11-17-22)25(30)28-20-12-14-21(15-13-20)29-26(31)24-9-5-7-18-6-3-4-8-23(18)24/h3-17H,2H2,1H3,(H,28,30)(H,29,31). The van der Waals surface area contributed by atoms with Crippen molar-refractivity contribution in [2.75, 3.05) is 17.2 Å². The molecule has 0 atom stereocenters. The smallest absolute Gasteiger partial charge is 0.434 e. The molecule has 4 aromatic rings. The Morgan fingerprint density at radius 2 is 1.32 bits per heavy atom. The molecule has 0 saturated carbocycles. The van der Waals surface area contributed by atoms with E-state index in [9.17, 15) is 14.4 Å². The molecule has 0 saturated heterocycles. The number of fused-ring (bicyclic) bond motifs is 1. The maximum absolute atomic E-state index is 12.8. The first kappa shape index (κ1) is 22.5. The number of carbonyl (C=O) groups excluding carboxylic acids is 3. The number of rotatable bonds is 6. The van der Waals surface area contributed by atoms with Crippen molar-refractivity contribution in [3.63, 3.8) is 0 Å². The lowest BCUT2D eigenvalue weighted by molar-refractivity contribution is 0.101. The summed E-state index contributed by atoms with van der Waals surface area (Å²) in [6, 6.07) is 26.3. The molecule has 4 rings (SSSR count). The van der Waals surface area contributed by atoms with Crippen LogP contribution in [0.15, 0.2) is 91.0 Å². The number of ether oxygens (including phenoxy) is 2. The van der Waals surface area contributed by atoms with Crippen molar-refractivity contribution in [2.24, 2.45) is 0 Å². The third-order valence-corrected chi connectivity index (χ3v) is 5.01. The molecule has 0 fully saturated rings. The van der Waals surface area contributed by atoms with Gasteiger partial charge in [0, 0.05) is 22.5 Å².